The summed E-state index contributed by atoms with van der Waals surface area (Å²) in [6.07, 6.45) is 0.526. The van der Waals surface area contributed by atoms with Crippen LogP contribution in [0.1, 0.15) is 27.0 Å². The molecule has 1 amide bonds. The maximum Gasteiger partial charge on any atom is 0.335 e. The molecule has 0 saturated carbocycles. The minimum atomic E-state index is -1.01. The highest BCUT2D eigenvalue weighted by Crippen LogP contribution is 2.20. The van der Waals surface area contributed by atoms with Gasteiger partial charge in [0, 0.05) is 6.54 Å². The number of nitrogens with one attached hydrogen (secondary N) is 1. The molecular formula is C20H23NO5. The van der Waals surface area contributed by atoms with E-state index < -0.39 is 5.97 Å². The number of aryl methyl sites for hydroxylation is 2. The van der Waals surface area contributed by atoms with Gasteiger partial charge in [0.1, 0.15) is 11.5 Å². The van der Waals surface area contributed by atoms with Crippen LogP contribution < -0.4 is 14.8 Å². The Morgan fingerprint density at radius 3 is 2.50 bits per heavy atom. The van der Waals surface area contributed by atoms with Gasteiger partial charge < -0.3 is 19.9 Å². The number of carbonyl (C=O) groups is 2. The molecule has 0 bridgehead atoms. The van der Waals surface area contributed by atoms with Gasteiger partial charge in [0.05, 0.1) is 12.7 Å². The first-order valence-electron chi connectivity index (χ1n) is 8.27. The van der Waals surface area contributed by atoms with E-state index in [0.29, 0.717) is 24.5 Å². The van der Waals surface area contributed by atoms with Gasteiger partial charge in [-0.05, 0) is 61.2 Å². The molecule has 0 radical (unpaired) electrons. The predicted molar refractivity (Wildman–Crippen MR) is 98.1 cm³/mol. The zero-order valence-electron chi connectivity index (χ0n) is 15.2. The van der Waals surface area contributed by atoms with Crippen molar-refractivity contribution in [2.75, 3.05) is 20.3 Å². The van der Waals surface area contributed by atoms with Gasteiger partial charge in [-0.1, -0.05) is 12.1 Å². The van der Waals surface area contributed by atoms with Crippen molar-refractivity contribution in [3.8, 4) is 11.5 Å². The monoisotopic (exact) mass is 357 g/mol. The molecule has 138 valence electrons. The summed E-state index contributed by atoms with van der Waals surface area (Å²) in [5.74, 6) is -0.0734. The van der Waals surface area contributed by atoms with Crippen molar-refractivity contribution in [2.24, 2.45) is 0 Å². The largest absolute Gasteiger partial charge is 0.496 e. The molecule has 0 aliphatic heterocycles. The van der Waals surface area contributed by atoms with Gasteiger partial charge in [0.25, 0.3) is 5.91 Å². The van der Waals surface area contributed by atoms with Crippen molar-refractivity contribution in [2.45, 2.75) is 20.3 Å². The van der Waals surface area contributed by atoms with Gasteiger partial charge in [-0.25, -0.2) is 4.79 Å². The Kier molecular flexibility index (Phi) is 6.60. The van der Waals surface area contributed by atoms with Gasteiger partial charge in [0.15, 0.2) is 6.61 Å². The van der Waals surface area contributed by atoms with Crippen molar-refractivity contribution in [1.82, 2.24) is 5.32 Å². The molecule has 6 nitrogen and oxygen atoms in total. The topological polar surface area (TPSA) is 84.9 Å². The molecule has 2 aromatic carbocycles. The van der Waals surface area contributed by atoms with E-state index >= 15 is 0 Å². The number of hydrogen-bond donors (Lipinski definition) is 2. The number of methoxy groups -OCH3 is 1. The van der Waals surface area contributed by atoms with E-state index in [9.17, 15) is 9.59 Å². The lowest BCUT2D eigenvalue weighted by atomic mass is 10.1. The molecule has 0 aromatic heterocycles. The minimum Gasteiger partial charge on any atom is -0.496 e. The average Bonchev–Trinajstić information content (AvgIpc) is 2.62. The Balaban J connectivity index is 1.82. The van der Waals surface area contributed by atoms with Gasteiger partial charge in [0.2, 0.25) is 0 Å². The van der Waals surface area contributed by atoms with E-state index in [0.717, 1.165) is 11.1 Å². The number of hydrogen-bond acceptors (Lipinski definition) is 4. The third-order valence-corrected chi connectivity index (χ3v) is 4.10. The van der Waals surface area contributed by atoms with Gasteiger partial charge in [-0.2, -0.15) is 0 Å². The number of carbonyl (C=O) groups excluding carboxylic acids is 1. The SMILES string of the molecule is COc1cc(C(=O)O)ccc1CCNC(=O)COc1ccc(C)c(C)c1. The van der Waals surface area contributed by atoms with E-state index in [2.05, 4.69) is 5.32 Å². The van der Waals surface area contributed by atoms with Crippen LogP contribution in [0.5, 0.6) is 11.5 Å². The molecular weight excluding hydrogens is 334 g/mol. The zero-order valence-corrected chi connectivity index (χ0v) is 15.2. The summed E-state index contributed by atoms with van der Waals surface area (Å²) in [4.78, 5) is 22.9. The van der Waals surface area contributed by atoms with Crippen LogP contribution in [-0.4, -0.2) is 37.2 Å². The summed E-state index contributed by atoms with van der Waals surface area (Å²) in [6.45, 7) is 4.35. The highest BCUT2D eigenvalue weighted by Gasteiger charge is 2.10. The first kappa shape index (κ1) is 19.3. The number of aromatic carboxylic acids is 1. The van der Waals surface area contributed by atoms with Crippen LogP contribution in [0.25, 0.3) is 0 Å². The molecule has 0 aliphatic rings. The molecule has 26 heavy (non-hydrogen) atoms. The van der Waals surface area contributed by atoms with E-state index in [4.69, 9.17) is 14.6 Å². The van der Waals surface area contributed by atoms with Gasteiger partial charge >= 0.3 is 5.97 Å². The van der Waals surface area contributed by atoms with Crippen LogP contribution in [0.3, 0.4) is 0 Å². The van der Waals surface area contributed by atoms with Crippen LogP contribution in [-0.2, 0) is 11.2 Å². The fourth-order valence-electron chi connectivity index (χ4n) is 2.42. The van der Waals surface area contributed by atoms with Gasteiger partial charge in [-0.15, -0.1) is 0 Å². The van der Waals surface area contributed by atoms with Crippen molar-refractivity contribution >= 4 is 11.9 Å². The minimum absolute atomic E-state index is 0.0579. The van der Waals surface area contributed by atoms with Crippen molar-refractivity contribution in [1.29, 1.82) is 0 Å². The number of carboxylic acids is 1. The fraction of sp³-hybridized carbons (Fsp3) is 0.300. The Morgan fingerprint density at radius 2 is 1.85 bits per heavy atom. The fourth-order valence-corrected chi connectivity index (χ4v) is 2.42. The maximum absolute atomic E-state index is 11.9. The molecule has 0 fully saturated rings. The van der Waals surface area contributed by atoms with Crippen LogP contribution in [0, 0.1) is 13.8 Å². The van der Waals surface area contributed by atoms with Crippen LogP contribution >= 0.6 is 0 Å². The second-order valence-corrected chi connectivity index (χ2v) is 5.97. The number of rotatable bonds is 8. The quantitative estimate of drug-likeness (QED) is 0.759. The van der Waals surface area contributed by atoms with Crippen molar-refractivity contribution < 1.29 is 24.2 Å². The summed E-state index contributed by atoms with van der Waals surface area (Å²) in [6, 6.07) is 10.4. The molecule has 0 aliphatic carbocycles. The standard InChI is InChI=1S/C20H23NO5/c1-13-4-7-17(10-14(13)2)26-12-19(22)21-9-8-15-5-6-16(20(23)24)11-18(15)25-3/h4-7,10-11H,8-9,12H2,1-3H3,(H,21,22)(H,23,24). The maximum atomic E-state index is 11.9. The third kappa shape index (κ3) is 5.24. The Labute approximate surface area is 152 Å². The predicted octanol–water partition coefficient (Wildman–Crippen LogP) is 2.75. The molecule has 0 atom stereocenters. The van der Waals surface area contributed by atoms with Crippen LogP contribution in [0.2, 0.25) is 0 Å². The smallest absolute Gasteiger partial charge is 0.335 e. The molecule has 0 saturated heterocycles. The third-order valence-electron chi connectivity index (χ3n) is 4.10. The van der Waals surface area contributed by atoms with E-state index in [1.165, 1.54) is 24.8 Å². The summed E-state index contributed by atoms with van der Waals surface area (Å²) in [7, 11) is 1.49. The molecule has 0 heterocycles. The first-order chi connectivity index (χ1) is 12.4. The summed E-state index contributed by atoms with van der Waals surface area (Å²) < 4.78 is 10.7. The van der Waals surface area contributed by atoms with E-state index in [1.807, 2.05) is 32.0 Å². The van der Waals surface area contributed by atoms with Crippen LogP contribution in [0.4, 0.5) is 0 Å². The lowest BCUT2D eigenvalue weighted by molar-refractivity contribution is -0.123. The summed E-state index contributed by atoms with van der Waals surface area (Å²) >= 11 is 0. The number of ether oxygens (including phenoxy) is 2. The zero-order chi connectivity index (χ0) is 19.1. The van der Waals surface area contributed by atoms with Crippen LogP contribution in [0.15, 0.2) is 36.4 Å². The normalized spacial score (nSPS) is 10.3. The van der Waals surface area contributed by atoms with Gasteiger partial charge in [-0.3, -0.25) is 4.79 Å². The van der Waals surface area contributed by atoms with E-state index in [-0.39, 0.29) is 18.1 Å². The Bertz CT molecular complexity index is 801. The number of benzene rings is 2. The molecule has 2 rings (SSSR count). The Hall–Kier alpha value is -3.02. The highest BCUT2D eigenvalue weighted by molar-refractivity contribution is 5.88. The molecule has 6 heteroatoms. The highest BCUT2D eigenvalue weighted by atomic mass is 16.5. The van der Waals surface area contributed by atoms with Crippen molar-refractivity contribution in [3.05, 3.63) is 58.7 Å². The van der Waals surface area contributed by atoms with E-state index in [1.54, 1.807) is 6.07 Å². The second-order valence-electron chi connectivity index (χ2n) is 5.97. The number of carboxylic acid groups (broad SMARTS) is 1. The average molecular weight is 357 g/mol. The second kappa shape index (κ2) is 8.89. The summed E-state index contributed by atoms with van der Waals surface area (Å²) in [5, 5.41) is 11.8. The molecule has 0 spiro atoms. The first-order valence-corrected chi connectivity index (χ1v) is 8.27. The summed E-state index contributed by atoms with van der Waals surface area (Å²) in [5.41, 5.74) is 3.27. The molecule has 2 N–H and O–H groups in total. The molecule has 2 aromatic rings. The molecule has 0 unspecified atom stereocenters. The Morgan fingerprint density at radius 1 is 1.08 bits per heavy atom. The lowest BCUT2D eigenvalue weighted by Crippen LogP contribution is -2.30. The number of amides is 1. The van der Waals surface area contributed by atoms with Crippen molar-refractivity contribution in [3.63, 3.8) is 0 Å². The lowest BCUT2D eigenvalue weighted by Gasteiger charge is -2.11.